The molecule has 0 bridgehead atoms. The molecule has 0 aliphatic carbocycles. The quantitative estimate of drug-likeness (QED) is 0.847. The van der Waals surface area contributed by atoms with E-state index in [-0.39, 0.29) is 13.5 Å². The summed E-state index contributed by atoms with van der Waals surface area (Å²) in [6, 6.07) is 17.4. The number of thiocarbonyl (C=S) groups is 1. The Balaban J connectivity index is 0.00000180. The highest BCUT2D eigenvalue weighted by molar-refractivity contribution is 7.80. The van der Waals surface area contributed by atoms with Gasteiger partial charge in [0.05, 0.1) is 7.11 Å². The van der Waals surface area contributed by atoms with Crippen LogP contribution in [0.4, 0.5) is 11.4 Å². The zero-order valence-electron chi connectivity index (χ0n) is 10.5. The van der Waals surface area contributed by atoms with Crippen LogP contribution < -0.4 is 15.4 Å². The van der Waals surface area contributed by atoms with Crippen LogP contribution in [-0.2, 0) is 0 Å². The van der Waals surface area contributed by atoms with Crippen LogP contribution in [0.25, 0.3) is 0 Å². The number of rotatable bonds is 3. The minimum Gasteiger partial charge on any atom is -0.497 e. The zero-order chi connectivity index (χ0) is 12.8. The maximum atomic E-state index is 5.23. The molecule has 0 unspecified atom stereocenters. The van der Waals surface area contributed by atoms with E-state index in [2.05, 4.69) is 10.6 Å². The van der Waals surface area contributed by atoms with Gasteiger partial charge >= 0.3 is 0 Å². The molecular weight excluding hydrogens is 276 g/mol. The zero-order valence-corrected chi connectivity index (χ0v) is 12.3. The molecule has 0 amide bonds. The van der Waals surface area contributed by atoms with Crippen molar-refractivity contribution in [2.24, 2.45) is 0 Å². The van der Waals surface area contributed by atoms with Gasteiger partial charge in [-0.1, -0.05) is 18.2 Å². The molecule has 0 heterocycles. The van der Waals surface area contributed by atoms with Crippen LogP contribution in [0.5, 0.6) is 5.75 Å². The van der Waals surface area contributed by atoms with Crippen molar-refractivity contribution in [3.05, 3.63) is 54.6 Å². The molecule has 2 N–H and O–H groups in total. The van der Waals surface area contributed by atoms with Gasteiger partial charge in [0.2, 0.25) is 0 Å². The van der Waals surface area contributed by atoms with Crippen molar-refractivity contribution in [3.63, 3.8) is 0 Å². The molecule has 0 aromatic heterocycles. The van der Waals surface area contributed by atoms with Crippen LogP contribution in [0.15, 0.2) is 54.6 Å². The average Bonchev–Trinajstić information content (AvgIpc) is 2.40. The predicted octanol–water partition coefficient (Wildman–Crippen LogP) is 3.62. The molecule has 3 nitrogen and oxygen atoms in total. The first-order valence-electron chi connectivity index (χ1n) is 5.55. The second kappa shape index (κ2) is 7.66. The number of benzene rings is 2. The van der Waals surface area contributed by atoms with Crippen LogP contribution in [-0.4, -0.2) is 12.2 Å². The summed E-state index contributed by atoms with van der Waals surface area (Å²) in [7, 11) is 1.64. The Kier molecular flexibility index (Phi) is 6.18. The van der Waals surface area contributed by atoms with E-state index in [0.717, 1.165) is 17.1 Å². The van der Waals surface area contributed by atoms with Gasteiger partial charge < -0.3 is 15.4 Å². The van der Waals surface area contributed by atoms with Gasteiger partial charge in [-0.05, 0) is 48.6 Å². The van der Waals surface area contributed by atoms with E-state index >= 15 is 0 Å². The predicted molar refractivity (Wildman–Crippen MR) is 89.7 cm³/mol. The molecule has 100 valence electrons. The molecule has 0 radical (unpaired) electrons. The van der Waals surface area contributed by atoms with Crippen molar-refractivity contribution in [2.75, 3.05) is 17.7 Å². The first-order valence-corrected chi connectivity index (χ1v) is 5.96. The summed E-state index contributed by atoms with van der Waals surface area (Å²) >= 11 is 5.23. The minimum absolute atomic E-state index is 0. The Morgan fingerprint density at radius 1 is 0.895 bits per heavy atom. The molecule has 0 fully saturated rings. The maximum absolute atomic E-state index is 5.23. The molecule has 5 heteroatoms. The molecular formula is C14H16N2OS2. The molecule has 0 saturated heterocycles. The van der Waals surface area contributed by atoms with Crippen molar-refractivity contribution < 1.29 is 4.74 Å². The number of nitrogens with one attached hydrogen (secondary N) is 2. The Morgan fingerprint density at radius 2 is 1.42 bits per heavy atom. The number of hydrogen-bond acceptors (Lipinski definition) is 2. The summed E-state index contributed by atoms with van der Waals surface area (Å²) < 4.78 is 5.09. The van der Waals surface area contributed by atoms with Crippen molar-refractivity contribution >= 4 is 42.2 Å². The summed E-state index contributed by atoms with van der Waals surface area (Å²) in [5.41, 5.74) is 1.88. The lowest BCUT2D eigenvalue weighted by Crippen LogP contribution is -2.18. The second-order valence-electron chi connectivity index (χ2n) is 3.67. The van der Waals surface area contributed by atoms with Crippen LogP contribution in [0.1, 0.15) is 0 Å². The largest absolute Gasteiger partial charge is 0.497 e. The lowest BCUT2D eigenvalue weighted by Gasteiger charge is -2.10. The summed E-state index contributed by atoms with van der Waals surface area (Å²) in [6.45, 7) is 0. The fourth-order valence-corrected chi connectivity index (χ4v) is 1.72. The molecule has 0 saturated carbocycles. The Morgan fingerprint density at radius 3 is 1.95 bits per heavy atom. The van der Waals surface area contributed by atoms with Gasteiger partial charge in [0.15, 0.2) is 5.11 Å². The van der Waals surface area contributed by atoms with Crippen LogP contribution in [0.3, 0.4) is 0 Å². The molecule has 2 rings (SSSR count). The lowest BCUT2D eigenvalue weighted by molar-refractivity contribution is 0.415. The SMILES string of the molecule is COc1ccc(NC(=S)Nc2ccccc2)cc1.S. The number of para-hydroxylation sites is 1. The van der Waals surface area contributed by atoms with Crippen molar-refractivity contribution in [3.8, 4) is 5.75 Å². The van der Waals surface area contributed by atoms with E-state index in [1.807, 2.05) is 54.6 Å². The third kappa shape index (κ3) is 4.81. The van der Waals surface area contributed by atoms with E-state index in [0.29, 0.717) is 5.11 Å². The van der Waals surface area contributed by atoms with Gasteiger partial charge in [-0.25, -0.2) is 0 Å². The van der Waals surface area contributed by atoms with Crippen LogP contribution >= 0.6 is 25.7 Å². The van der Waals surface area contributed by atoms with Crippen LogP contribution in [0.2, 0.25) is 0 Å². The molecule has 0 atom stereocenters. The normalized spacial score (nSPS) is 9.11. The topological polar surface area (TPSA) is 33.3 Å². The van der Waals surface area contributed by atoms with E-state index < -0.39 is 0 Å². The van der Waals surface area contributed by atoms with Gasteiger partial charge in [-0.3, -0.25) is 0 Å². The van der Waals surface area contributed by atoms with Crippen LogP contribution in [0, 0.1) is 0 Å². The van der Waals surface area contributed by atoms with E-state index in [1.54, 1.807) is 7.11 Å². The molecule has 0 spiro atoms. The van der Waals surface area contributed by atoms with E-state index in [4.69, 9.17) is 17.0 Å². The highest BCUT2D eigenvalue weighted by Crippen LogP contribution is 2.15. The number of anilines is 2. The molecule has 0 aliphatic rings. The monoisotopic (exact) mass is 292 g/mol. The van der Waals surface area contributed by atoms with Gasteiger partial charge in [-0.2, -0.15) is 13.5 Å². The molecule has 0 aliphatic heterocycles. The molecule has 19 heavy (non-hydrogen) atoms. The molecule has 2 aromatic rings. The highest BCUT2D eigenvalue weighted by Gasteiger charge is 1.98. The molecule has 2 aromatic carbocycles. The van der Waals surface area contributed by atoms with Gasteiger partial charge in [-0.15, -0.1) is 0 Å². The minimum atomic E-state index is 0. The number of hydrogen-bond donors (Lipinski definition) is 2. The van der Waals surface area contributed by atoms with Gasteiger partial charge in [0.25, 0.3) is 0 Å². The summed E-state index contributed by atoms with van der Waals surface area (Å²) in [5, 5.41) is 6.78. The second-order valence-corrected chi connectivity index (χ2v) is 4.08. The Bertz CT molecular complexity index is 515. The van der Waals surface area contributed by atoms with Crippen molar-refractivity contribution in [1.82, 2.24) is 0 Å². The fraction of sp³-hybridized carbons (Fsp3) is 0.0714. The summed E-state index contributed by atoms with van der Waals surface area (Å²) in [5.74, 6) is 0.822. The summed E-state index contributed by atoms with van der Waals surface area (Å²) in [6.07, 6.45) is 0. The average molecular weight is 292 g/mol. The first kappa shape index (κ1) is 15.3. The fourth-order valence-electron chi connectivity index (χ4n) is 1.49. The summed E-state index contributed by atoms with van der Waals surface area (Å²) in [4.78, 5) is 0. The number of methoxy groups -OCH3 is 1. The third-order valence-corrected chi connectivity index (χ3v) is 2.58. The highest BCUT2D eigenvalue weighted by atomic mass is 32.1. The smallest absolute Gasteiger partial charge is 0.175 e. The number of ether oxygens (including phenoxy) is 1. The van der Waals surface area contributed by atoms with Crippen molar-refractivity contribution in [1.29, 1.82) is 0 Å². The van der Waals surface area contributed by atoms with E-state index in [9.17, 15) is 0 Å². The van der Waals surface area contributed by atoms with Gasteiger partial charge in [0, 0.05) is 11.4 Å². The standard InChI is InChI=1S/C14H14N2OS.H2S/c1-17-13-9-7-12(8-10-13)16-14(18)15-11-5-3-2-4-6-11;/h2-10H,1H3,(H2,15,16,18);1H2. The van der Waals surface area contributed by atoms with Gasteiger partial charge in [0.1, 0.15) is 5.75 Å². The third-order valence-electron chi connectivity index (χ3n) is 2.38. The maximum Gasteiger partial charge on any atom is 0.175 e. The Labute approximate surface area is 125 Å². The Hall–Kier alpha value is -1.72. The van der Waals surface area contributed by atoms with E-state index in [1.165, 1.54) is 0 Å². The van der Waals surface area contributed by atoms with Crippen molar-refractivity contribution in [2.45, 2.75) is 0 Å². The lowest BCUT2D eigenvalue weighted by atomic mass is 10.3. The first-order chi connectivity index (χ1) is 8.78.